The van der Waals surface area contributed by atoms with Crippen molar-refractivity contribution in [2.24, 2.45) is 5.92 Å². The molecule has 0 aromatic rings. The first kappa shape index (κ1) is 23.1. The second kappa shape index (κ2) is 15.0. The highest BCUT2D eigenvalue weighted by molar-refractivity contribution is 5.85. The van der Waals surface area contributed by atoms with E-state index in [1.807, 2.05) is 14.0 Å². The Hall–Kier alpha value is -0.0300. The van der Waals surface area contributed by atoms with Gasteiger partial charge < -0.3 is 15.5 Å². The summed E-state index contributed by atoms with van der Waals surface area (Å²) < 4.78 is 0. The van der Waals surface area contributed by atoms with Crippen molar-refractivity contribution < 1.29 is 4.79 Å². The summed E-state index contributed by atoms with van der Waals surface area (Å²) in [5, 5.41) is 5.97. The van der Waals surface area contributed by atoms with E-state index in [2.05, 4.69) is 29.4 Å². The van der Waals surface area contributed by atoms with Crippen molar-refractivity contribution >= 4 is 30.7 Å². The number of hydrogen-bond donors (Lipinski definition) is 2. The van der Waals surface area contributed by atoms with Gasteiger partial charge in [-0.1, -0.05) is 20.8 Å². The van der Waals surface area contributed by atoms with Gasteiger partial charge in [-0.3, -0.25) is 4.79 Å². The van der Waals surface area contributed by atoms with E-state index in [4.69, 9.17) is 0 Å². The molecule has 1 unspecified atom stereocenters. The minimum atomic E-state index is 0. The number of amides is 1. The van der Waals surface area contributed by atoms with Crippen LogP contribution in [-0.2, 0) is 4.79 Å². The van der Waals surface area contributed by atoms with Gasteiger partial charge in [-0.05, 0) is 33.1 Å². The molecule has 0 bridgehead atoms. The highest BCUT2D eigenvalue weighted by atomic mass is 35.5. The molecule has 0 aliphatic heterocycles. The van der Waals surface area contributed by atoms with E-state index in [9.17, 15) is 4.79 Å². The molecule has 0 aromatic heterocycles. The van der Waals surface area contributed by atoms with E-state index in [-0.39, 0.29) is 36.6 Å². The van der Waals surface area contributed by atoms with Gasteiger partial charge >= 0.3 is 0 Å². The maximum Gasteiger partial charge on any atom is 0.224 e. The first-order valence-electron chi connectivity index (χ1n) is 6.30. The third-order valence-corrected chi connectivity index (χ3v) is 2.80. The zero-order valence-electron chi connectivity index (χ0n) is 12.0. The number of carbonyl (C=O) groups is 1. The summed E-state index contributed by atoms with van der Waals surface area (Å²) in [7, 11) is 1.87. The van der Waals surface area contributed by atoms with Gasteiger partial charge in [-0.25, -0.2) is 0 Å². The van der Waals surface area contributed by atoms with Gasteiger partial charge in [0.15, 0.2) is 0 Å². The van der Waals surface area contributed by atoms with Crippen molar-refractivity contribution in [2.45, 2.75) is 27.2 Å². The Kier molecular flexibility index (Phi) is 19.3. The fraction of sp³-hybridized carbons (Fsp3) is 0.917. The van der Waals surface area contributed by atoms with Gasteiger partial charge in [-0.2, -0.15) is 0 Å². The summed E-state index contributed by atoms with van der Waals surface area (Å²) in [6.07, 6.45) is 1.03. The van der Waals surface area contributed by atoms with Crippen LogP contribution in [0.5, 0.6) is 0 Å². The minimum absolute atomic E-state index is 0. The predicted octanol–water partition coefficient (Wildman–Crippen LogP) is 1.53. The van der Waals surface area contributed by atoms with Crippen molar-refractivity contribution in [3.63, 3.8) is 0 Å². The Labute approximate surface area is 124 Å². The van der Waals surface area contributed by atoms with Gasteiger partial charge in [0.25, 0.3) is 0 Å². The number of rotatable bonds is 9. The summed E-state index contributed by atoms with van der Waals surface area (Å²) in [4.78, 5) is 13.9. The van der Waals surface area contributed by atoms with Gasteiger partial charge in [-0.15, -0.1) is 24.8 Å². The molecule has 0 aromatic carbocycles. The molecule has 0 saturated carbocycles. The first-order chi connectivity index (χ1) is 7.65. The molecule has 0 radical (unpaired) electrons. The molecular formula is C12H29Cl2N3O. The molecule has 6 heteroatoms. The second-order valence-corrected chi connectivity index (χ2v) is 4.13. The number of hydrogen-bond acceptors (Lipinski definition) is 3. The topological polar surface area (TPSA) is 44.4 Å². The molecule has 2 N–H and O–H groups in total. The van der Waals surface area contributed by atoms with Gasteiger partial charge in [0.05, 0.1) is 0 Å². The number of carbonyl (C=O) groups excluding carboxylic acids is 1. The molecule has 1 amide bonds. The molecule has 0 rings (SSSR count). The highest BCUT2D eigenvalue weighted by Crippen LogP contribution is 1.93. The zero-order chi connectivity index (χ0) is 12.4. The molecule has 0 fully saturated rings. The maximum atomic E-state index is 11.6. The number of nitrogens with zero attached hydrogens (tertiary/aromatic N) is 1. The minimum Gasteiger partial charge on any atom is -0.356 e. The van der Waals surface area contributed by atoms with Crippen LogP contribution in [0, 0.1) is 5.92 Å². The van der Waals surface area contributed by atoms with Crippen LogP contribution in [0.2, 0.25) is 0 Å². The molecule has 0 aliphatic carbocycles. The predicted molar refractivity (Wildman–Crippen MR) is 83.0 cm³/mol. The quantitative estimate of drug-likeness (QED) is 0.635. The van der Waals surface area contributed by atoms with E-state index >= 15 is 0 Å². The summed E-state index contributed by atoms with van der Waals surface area (Å²) in [5.41, 5.74) is 0. The van der Waals surface area contributed by atoms with Crippen molar-refractivity contribution in [3.05, 3.63) is 0 Å². The summed E-state index contributed by atoms with van der Waals surface area (Å²) in [6, 6.07) is 0. The van der Waals surface area contributed by atoms with Gasteiger partial charge in [0.1, 0.15) is 0 Å². The van der Waals surface area contributed by atoms with E-state index in [1.54, 1.807) is 0 Å². The number of nitrogens with one attached hydrogen (secondary N) is 2. The fourth-order valence-corrected chi connectivity index (χ4v) is 1.63. The maximum absolute atomic E-state index is 11.6. The van der Waals surface area contributed by atoms with E-state index in [0.717, 1.165) is 39.1 Å². The van der Waals surface area contributed by atoms with Crippen molar-refractivity contribution in [1.29, 1.82) is 0 Å². The van der Waals surface area contributed by atoms with Crippen LogP contribution in [0.15, 0.2) is 0 Å². The molecule has 0 heterocycles. The largest absolute Gasteiger partial charge is 0.356 e. The van der Waals surface area contributed by atoms with E-state index < -0.39 is 0 Å². The molecular weight excluding hydrogens is 273 g/mol. The van der Waals surface area contributed by atoms with Gasteiger partial charge in [0.2, 0.25) is 5.91 Å². The summed E-state index contributed by atoms with van der Waals surface area (Å²) in [6.45, 7) is 11.0. The molecule has 0 aliphatic rings. The average molecular weight is 302 g/mol. The lowest BCUT2D eigenvalue weighted by Gasteiger charge is -2.18. The Balaban J connectivity index is -0.00000112. The number of halogens is 2. The van der Waals surface area contributed by atoms with Gasteiger partial charge in [0, 0.05) is 19.0 Å². The van der Waals surface area contributed by atoms with Crippen molar-refractivity contribution in [3.8, 4) is 0 Å². The van der Waals surface area contributed by atoms with Crippen LogP contribution in [0.4, 0.5) is 0 Å². The van der Waals surface area contributed by atoms with Crippen LogP contribution in [0.3, 0.4) is 0 Å². The van der Waals surface area contributed by atoms with Crippen LogP contribution in [0.25, 0.3) is 0 Å². The third kappa shape index (κ3) is 11.1. The second-order valence-electron chi connectivity index (χ2n) is 4.13. The van der Waals surface area contributed by atoms with Crippen molar-refractivity contribution in [1.82, 2.24) is 15.5 Å². The standard InChI is InChI=1S/C12H27N3O.2ClH/c1-5-15(6-2)9-7-8-14-12(16)11(3)10-13-4;;/h11,13H,5-10H2,1-4H3,(H,14,16);2*1H. The molecule has 1 atom stereocenters. The zero-order valence-corrected chi connectivity index (χ0v) is 13.6. The van der Waals surface area contributed by atoms with Crippen LogP contribution in [0.1, 0.15) is 27.2 Å². The lowest BCUT2D eigenvalue weighted by atomic mass is 10.1. The molecule has 18 heavy (non-hydrogen) atoms. The highest BCUT2D eigenvalue weighted by Gasteiger charge is 2.10. The Morgan fingerprint density at radius 1 is 1.22 bits per heavy atom. The molecule has 4 nitrogen and oxygen atoms in total. The smallest absolute Gasteiger partial charge is 0.224 e. The van der Waals surface area contributed by atoms with Crippen LogP contribution >= 0.6 is 24.8 Å². The van der Waals surface area contributed by atoms with Crippen molar-refractivity contribution in [2.75, 3.05) is 39.8 Å². The average Bonchev–Trinajstić information content (AvgIpc) is 2.29. The summed E-state index contributed by atoms with van der Waals surface area (Å²) >= 11 is 0. The molecule has 0 saturated heterocycles. The lowest BCUT2D eigenvalue weighted by molar-refractivity contribution is -0.124. The molecule has 112 valence electrons. The first-order valence-corrected chi connectivity index (χ1v) is 6.30. The van der Waals surface area contributed by atoms with E-state index in [0.29, 0.717) is 0 Å². The summed E-state index contributed by atoms with van der Waals surface area (Å²) in [5.74, 6) is 0.201. The fourth-order valence-electron chi connectivity index (χ4n) is 1.63. The molecule has 0 spiro atoms. The Morgan fingerprint density at radius 3 is 2.22 bits per heavy atom. The van der Waals surface area contributed by atoms with Crippen LogP contribution < -0.4 is 10.6 Å². The van der Waals surface area contributed by atoms with E-state index in [1.165, 1.54) is 0 Å². The Bertz CT molecular complexity index is 190. The normalized spacial score (nSPS) is 11.4. The monoisotopic (exact) mass is 301 g/mol. The lowest BCUT2D eigenvalue weighted by Crippen LogP contribution is -2.36. The Morgan fingerprint density at radius 2 is 1.78 bits per heavy atom. The third-order valence-electron chi connectivity index (χ3n) is 2.80. The SMILES string of the molecule is CCN(CC)CCCNC(=O)C(C)CNC.Cl.Cl. The van der Waals surface area contributed by atoms with Crippen LogP contribution in [-0.4, -0.2) is 50.6 Å².